The smallest absolute Gasteiger partial charge is 0.338 e. The summed E-state index contributed by atoms with van der Waals surface area (Å²) in [5.74, 6) is -1.33. The van der Waals surface area contributed by atoms with E-state index in [2.05, 4.69) is 10.6 Å². The molecule has 0 radical (unpaired) electrons. The fraction of sp³-hybridized carbons (Fsp3) is 0.286. The summed E-state index contributed by atoms with van der Waals surface area (Å²) >= 11 is 0. The standard InChI is InChI=1S/C21H24FN3O4/c1-3-12-29-21(28)15-4-8-17(9-5-15)23-19(26)13-25(2)14-20(27)24-18-10-6-16(22)7-11-18/h4-11H,3,12-14H2,1-2H3,(H,23,26)(H,24,27)/p+1. The van der Waals surface area contributed by atoms with Crippen LogP contribution < -0.4 is 15.5 Å². The molecule has 2 amide bonds. The molecule has 7 nitrogen and oxygen atoms in total. The van der Waals surface area contributed by atoms with Gasteiger partial charge in [-0.2, -0.15) is 0 Å². The van der Waals surface area contributed by atoms with Gasteiger partial charge in [-0.1, -0.05) is 6.92 Å². The Hall–Kier alpha value is -3.26. The predicted molar refractivity (Wildman–Crippen MR) is 107 cm³/mol. The van der Waals surface area contributed by atoms with Crippen LogP contribution in [0.25, 0.3) is 0 Å². The highest BCUT2D eigenvalue weighted by molar-refractivity contribution is 5.94. The Morgan fingerprint density at radius 1 is 0.897 bits per heavy atom. The van der Waals surface area contributed by atoms with Crippen molar-refractivity contribution < 1.29 is 28.4 Å². The number of hydrogen-bond donors (Lipinski definition) is 3. The van der Waals surface area contributed by atoms with Crippen LogP contribution in [0.2, 0.25) is 0 Å². The molecule has 0 aliphatic carbocycles. The second-order valence-electron chi connectivity index (χ2n) is 6.63. The van der Waals surface area contributed by atoms with Crippen LogP contribution in [0.1, 0.15) is 23.7 Å². The van der Waals surface area contributed by atoms with Gasteiger partial charge in [0.05, 0.1) is 19.2 Å². The fourth-order valence-corrected chi connectivity index (χ4v) is 2.52. The van der Waals surface area contributed by atoms with Crippen molar-refractivity contribution in [1.29, 1.82) is 0 Å². The summed E-state index contributed by atoms with van der Waals surface area (Å²) < 4.78 is 17.9. The molecule has 8 heteroatoms. The number of anilines is 2. The van der Waals surface area contributed by atoms with Crippen molar-refractivity contribution in [2.75, 3.05) is 37.4 Å². The number of amides is 2. The highest BCUT2D eigenvalue weighted by atomic mass is 19.1. The Morgan fingerprint density at radius 2 is 1.38 bits per heavy atom. The van der Waals surface area contributed by atoms with Gasteiger partial charge in [0.25, 0.3) is 11.8 Å². The zero-order valence-corrected chi connectivity index (χ0v) is 16.5. The molecule has 2 aromatic rings. The SMILES string of the molecule is CCCOC(=O)c1ccc(NC(=O)C[NH+](C)CC(=O)Nc2ccc(F)cc2)cc1. The summed E-state index contributed by atoms with van der Waals surface area (Å²) in [6.07, 6.45) is 0.748. The monoisotopic (exact) mass is 402 g/mol. The summed E-state index contributed by atoms with van der Waals surface area (Å²) in [7, 11) is 1.72. The molecule has 2 aromatic carbocycles. The number of carbonyl (C=O) groups excluding carboxylic acids is 3. The first-order valence-corrected chi connectivity index (χ1v) is 9.31. The van der Waals surface area contributed by atoms with Gasteiger partial charge in [0, 0.05) is 11.4 Å². The van der Waals surface area contributed by atoms with Crippen molar-refractivity contribution in [3.05, 3.63) is 59.9 Å². The number of likely N-dealkylation sites (N-methyl/N-ethyl adjacent to an activating group) is 1. The molecule has 1 atom stereocenters. The molecule has 1 unspecified atom stereocenters. The number of hydrogen-bond acceptors (Lipinski definition) is 4. The van der Waals surface area contributed by atoms with Crippen LogP contribution in [-0.2, 0) is 14.3 Å². The van der Waals surface area contributed by atoms with Crippen LogP contribution in [-0.4, -0.2) is 44.5 Å². The zero-order valence-electron chi connectivity index (χ0n) is 16.5. The minimum Gasteiger partial charge on any atom is -0.462 e. The Balaban J connectivity index is 1.78. The number of esters is 1. The molecule has 0 aromatic heterocycles. The zero-order chi connectivity index (χ0) is 21.2. The molecule has 2 rings (SSSR count). The van der Waals surface area contributed by atoms with Crippen LogP contribution in [0.5, 0.6) is 0 Å². The van der Waals surface area contributed by atoms with E-state index in [4.69, 9.17) is 4.74 Å². The molecule has 0 saturated carbocycles. The first kappa shape index (κ1) is 22.0. The van der Waals surface area contributed by atoms with Gasteiger partial charge in [-0.3, -0.25) is 9.59 Å². The second-order valence-corrected chi connectivity index (χ2v) is 6.63. The topological polar surface area (TPSA) is 88.9 Å². The fourth-order valence-electron chi connectivity index (χ4n) is 2.52. The van der Waals surface area contributed by atoms with Crippen molar-refractivity contribution in [2.24, 2.45) is 0 Å². The maximum absolute atomic E-state index is 12.9. The number of benzene rings is 2. The van der Waals surface area contributed by atoms with E-state index < -0.39 is 5.97 Å². The highest BCUT2D eigenvalue weighted by Crippen LogP contribution is 2.10. The largest absolute Gasteiger partial charge is 0.462 e. The summed E-state index contributed by atoms with van der Waals surface area (Å²) in [5, 5.41) is 5.38. The Labute approximate surface area is 168 Å². The molecule has 0 saturated heterocycles. The van der Waals surface area contributed by atoms with Crippen molar-refractivity contribution >= 4 is 29.2 Å². The van der Waals surface area contributed by atoms with E-state index in [1.165, 1.54) is 24.3 Å². The lowest BCUT2D eigenvalue weighted by Gasteiger charge is -2.14. The van der Waals surface area contributed by atoms with Gasteiger partial charge in [0.1, 0.15) is 5.82 Å². The van der Waals surface area contributed by atoms with Crippen molar-refractivity contribution in [1.82, 2.24) is 0 Å². The summed E-state index contributed by atoms with van der Waals surface area (Å²) in [6.45, 7) is 2.43. The number of quaternary nitrogens is 1. The third-order valence-corrected chi connectivity index (χ3v) is 3.89. The molecule has 0 bridgehead atoms. The lowest BCUT2D eigenvalue weighted by molar-refractivity contribution is -0.862. The third kappa shape index (κ3) is 7.71. The molecule has 0 fully saturated rings. The van der Waals surface area contributed by atoms with Crippen LogP contribution in [0.4, 0.5) is 15.8 Å². The average molecular weight is 402 g/mol. The predicted octanol–water partition coefficient (Wildman–Crippen LogP) is 1.48. The summed E-state index contributed by atoms with van der Waals surface area (Å²) in [5.41, 5.74) is 1.45. The molecule has 0 aliphatic rings. The third-order valence-electron chi connectivity index (χ3n) is 3.89. The molecule has 0 aliphatic heterocycles. The quantitative estimate of drug-likeness (QED) is 0.555. The minimum atomic E-state index is -0.402. The van der Waals surface area contributed by atoms with E-state index in [9.17, 15) is 18.8 Å². The van der Waals surface area contributed by atoms with E-state index in [1.807, 2.05) is 6.92 Å². The number of ether oxygens (including phenoxy) is 1. The van der Waals surface area contributed by atoms with Gasteiger partial charge in [0.2, 0.25) is 0 Å². The van der Waals surface area contributed by atoms with Crippen LogP contribution in [0, 0.1) is 5.82 Å². The van der Waals surface area contributed by atoms with Gasteiger partial charge >= 0.3 is 5.97 Å². The maximum Gasteiger partial charge on any atom is 0.338 e. The van der Waals surface area contributed by atoms with Gasteiger partial charge in [-0.25, -0.2) is 9.18 Å². The van der Waals surface area contributed by atoms with Gasteiger partial charge in [0.15, 0.2) is 13.1 Å². The van der Waals surface area contributed by atoms with E-state index in [0.717, 1.165) is 6.42 Å². The van der Waals surface area contributed by atoms with Crippen molar-refractivity contribution in [3.8, 4) is 0 Å². The molecule has 154 valence electrons. The summed E-state index contributed by atoms with van der Waals surface area (Å²) in [4.78, 5) is 36.6. The van der Waals surface area contributed by atoms with Crippen molar-refractivity contribution in [3.63, 3.8) is 0 Å². The van der Waals surface area contributed by atoms with E-state index in [1.54, 1.807) is 31.3 Å². The van der Waals surface area contributed by atoms with E-state index in [0.29, 0.717) is 28.4 Å². The average Bonchev–Trinajstić information content (AvgIpc) is 2.68. The Bertz CT molecular complexity index is 838. The molecular weight excluding hydrogens is 377 g/mol. The molecule has 0 heterocycles. The van der Waals surface area contributed by atoms with Crippen molar-refractivity contribution in [2.45, 2.75) is 13.3 Å². The summed E-state index contributed by atoms with van der Waals surface area (Å²) in [6, 6.07) is 11.9. The highest BCUT2D eigenvalue weighted by Gasteiger charge is 2.15. The van der Waals surface area contributed by atoms with Gasteiger partial charge in [-0.05, 0) is 55.0 Å². The Morgan fingerprint density at radius 3 is 1.86 bits per heavy atom. The van der Waals surface area contributed by atoms with E-state index in [-0.39, 0.29) is 30.7 Å². The molecule has 29 heavy (non-hydrogen) atoms. The van der Waals surface area contributed by atoms with Gasteiger partial charge < -0.3 is 20.3 Å². The number of nitrogens with one attached hydrogen (secondary N) is 3. The lowest BCUT2D eigenvalue weighted by Crippen LogP contribution is -3.11. The minimum absolute atomic E-state index is 0.0764. The lowest BCUT2D eigenvalue weighted by atomic mass is 10.2. The first-order valence-electron chi connectivity index (χ1n) is 9.31. The van der Waals surface area contributed by atoms with Crippen LogP contribution in [0.15, 0.2) is 48.5 Å². The van der Waals surface area contributed by atoms with Crippen LogP contribution in [0.3, 0.4) is 0 Å². The first-order chi connectivity index (χ1) is 13.9. The van der Waals surface area contributed by atoms with E-state index >= 15 is 0 Å². The van der Waals surface area contributed by atoms with Gasteiger partial charge in [-0.15, -0.1) is 0 Å². The molecule has 0 spiro atoms. The second kappa shape index (κ2) is 10.9. The molecule has 3 N–H and O–H groups in total. The Kier molecular flexibility index (Phi) is 8.29. The maximum atomic E-state index is 12.9. The number of halogens is 1. The number of carbonyl (C=O) groups is 3. The normalized spacial score (nSPS) is 11.4. The number of rotatable bonds is 9. The molecular formula is C21H25FN3O4+. The van der Waals surface area contributed by atoms with Crippen LogP contribution >= 0.6 is 0 Å².